The van der Waals surface area contributed by atoms with E-state index in [2.05, 4.69) is 51.8 Å². The molecule has 150 valence electrons. The Morgan fingerprint density at radius 1 is 1.25 bits per heavy atom. The Balaban J connectivity index is 1.77. The van der Waals surface area contributed by atoms with Gasteiger partial charge < -0.3 is 19.5 Å². The zero-order chi connectivity index (χ0) is 19.7. The molecule has 3 heterocycles. The first-order chi connectivity index (χ1) is 13.6. The molecule has 2 aromatic heterocycles. The number of hydrogen-bond acceptors (Lipinski definition) is 3. The highest BCUT2D eigenvalue weighted by atomic mass is 32.1. The Hall–Kier alpha value is -1.92. The fourth-order valence-corrected chi connectivity index (χ4v) is 5.32. The topological polar surface area (TPSA) is 42.3 Å². The van der Waals surface area contributed by atoms with Crippen molar-refractivity contribution in [1.29, 1.82) is 0 Å². The van der Waals surface area contributed by atoms with Crippen molar-refractivity contribution < 1.29 is 4.74 Å². The Kier molecular flexibility index (Phi) is 5.69. The molecule has 0 radical (unpaired) electrons. The average molecular weight is 399 g/mol. The van der Waals surface area contributed by atoms with Crippen LogP contribution in [-0.4, -0.2) is 39.3 Å². The Morgan fingerprint density at radius 2 is 2.04 bits per heavy atom. The molecular weight excluding hydrogens is 368 g/mol. The van der Waals surface area contributed by atoms with Crippen molar-refractivity contribution in [1.82, 2.24) is 19.8 Å². The van der Waals surface area contributed by atoms with E-state index in [0.717, 1.165) is 17.4 Å². The summed E-state index contributed by atoms with van der Waals surface area (Å²) >= 11 is 5.84. The molecule has 2 atom stereocenters. The zero-order valence-corrected chi connectivity index (χ0v) is 17.8. The number of aromatic nitrogens is 2. The third-order valence-electron chi connectivity index (χ3n) is 6.30. The largest absolute Gasteiger partial charge is 0.383 e. The number of aryl methyl sites for hydroxylation is 1. The number of nitrogens with zero attached hydrogens (tertiary/aromatic N) is 3. The van der Waals surface area contributed by atoms with E-state index >= 15 is 0 Å². The van der Waals surface area contributed by atoms with Crippen LogP contribution in [0.1, 0.15) is 60.4 Å². The third-order valence-corrected chi connectivity index (χ3v) is 6.63. The number of hydrogen-bond donors (Lipinski definition) is 1. The number of thiocarbonyl (C=S) groups is 1. The molecule has 1 aliphatic heterocycles. The van der Waals surface area contributed by atoms with Crippen LogP contribution in [0.25, 0.3) is 0 Å². The van der Waals surface area contributed by atoms with E-state index in [-0.39, 0.29) is 12.1 Å². The minimum absolute atomic E-state index is 0.0747. The van der Waals surface area contributed by atoms with Gasteiger partial charge in [0, 0.05) is 37.3 Å². The number of methoxy groups -OCH3 is 1. The highest BCUT2D eigenvalue weighted by Gasteiger charge is 2.44. The molecule has 0 unspecified atom stereocenters. The Bertz CT molecular complexity index is 829. The molecule has 0 spiro atoms. The summed E-state index contributed by atoms with van der Waals surface area (Å²) in [7, 11) is 1.76. The molecule has 6 heteroatoms. The van der Waals surface area contributed by atoms with E-state index in [9.17, 15) is 0 Å². The fourth-order valence-electron chi connectivity index (χ4n) is 4.93. The lowest BCUT2D eigenvalue weighted by Crippen LogP contribution is -2.37. The van der Waals surface area contributed by atoms with Gasteiger partial charge in [-0.15, -0.1) is 0 Å². The smallest absolute Gasteiger partial charge is 0.170 e. The highest BCUT2D eigenvalue weighted by molar-refractivity contribution is 7.80. The Labute approximate surface area is 173 Å². The second-order valence-corrected chi connectivity index (χ2v) is 8.33. The van der Waals surface area contributed by atoms with Crippen LogP contribution in [0.5, 0.6) is 0 Å². The van der Waals surface area contributed by atoms with Crippen LogP contribution in [0.4, 0.5) is 0 Å². The van der Waals surface area contributed by atoms with E-state index in [1.807, 2.05) is 12.3 Å². The van der Waals surface area contributed by atoms with Crippen molar-refractivity contribution >= 4 is 17.3 Å². The van der Waals surface area contributed by atoms with Gasteiger partial charge in [-0.2, -0.15) is 0 Å². The van der Waals surface area contributed by atoms with Gasteiger partial charge in [-0.05, 0) is 62.7 Å². The average Bonchev–Trinajstić information content (AvgIpc) is 3.40. The molecule has 5 nitrogen and oxygen atoms in total. The number of rotatable bonds is 6. The first-order valence-electron chi connectivity index (χ1n) is 10.3. The van der Waals surface area contributed by atoms with Gasteiger partial charge in [-0.25, -0.2) is 0 Å². The van der Waals surface area contributed by atoms with Gasteiger partial charge in [0.05, 0.1) is 24.4 Å². The maximum absolute atomic E-state index is 5.84. The first kappa shape index (κ1) is 19.4. The van der Waals surface area contributed by atoms with Gasteiger partial charge in [-0.3, -0.25) is 4.98 Å². The summed E-state index contributed by atoms with van der Waals surface area (Å²) in [5, 5.41) is 4.48. The van der Waals surface area contributed by atoms with E-state index in [1.54, 1.807) is 7.11 Å². The van der Waals surface area contributed by atoms with Gasteiger partial charge in [-0.1, -0.05) is 18.9 Å². The minimum Gasteiger partial charge on any atom is -0.383 e. The molecular formula is C22H30N4OS. The lowest BCUT2D eigenvalue weighted by molar-refractivity contribution is 0.186. The van der Waals surface area contributed by atoms with Gasteiger partial charge in [0.1, 0.15) is 0 Å². The summed E-state index contributed by atoms with van der Waals surface area (Å²) in [6.45, 7) is 5.99. The molecule has 1 aliphatic carbocycles. The van der Waals surface area contributed by atoms with Crippen LogP contribution in [0.2, 0.25) is 0 Å². The first-order valence-corrected chi connectivity index (χ1v) is 10.7. The summed E-state index contributed by atoms with van der Waals surface area (Å²) < 4.78 is 7.69. The van der Waals surface area contributed by atoms with Crippen LogP contribution < -0.4 is 5.32 Å². The van der Waals surface area contributed by atoms with Crippen molar-refractivity contribution in [2.24, 2.45) is 0 Å². The van der Waals surface area contributed by atoms with Crippen LogP contribution in [0.3, 0.4) is 0 Å². The second-order valence-electron chi connectivity index (χ2n) is 7.94. The van der Waals surface area contributed by atoms with Gasteiger partial charge in [0.15, 0.2) is 5.11 Å². The highest BCUT2D eigenvalue weighted by Crippen LogP contribution is 2.44. The van der Waals surface area contributed by atoms with Crippen LogP contribution >= 0.6 is 12.2 Å². The van der Waals surface area contributed by atoms with E-state index in [1.165, 1.54) is 42.6 Å². The SMILES string of the molecule is COCCn1c(C)cc([C@H]2[C@@H](c3ccccn3)NC(=S)N2C2CCCC2)c1C. The molecule has 0 aromatic carbocycles. The molecule has 0 bridgehead atoms. The summed E-state index contributed by atoms with van der Waals surface area (Å²) in [5.74, 6) is 0. The molecule has 1 saturated carbocycles. The van der Waals surface area contributed by atoms with Crippen molar-refractivity contribution in [3.8, 4) is 0 Å². The maximum atomic E-state index is 5.84. The molecule has 1 N–H and O–H groups in total. The second kappa shape index (κ2) is 8.21. The van der Waals surface area contributed by atoms with Crippen molar-refractivity contribution in [3.05, 3.63) is 53.1 Å². The Morgan fingerprint density at radius 3 is 2.71 bits per heavy atom. The van der Waals surface area contributed by atoms with E-state index in [4.69, 9.17) is 17.0 Å². The normalized spacial score (nSPS) is 22.8. The van der Waals surface area contributed by atoms with Gasteiger partial charge in [0.2, 0.25) is 0 Å². The quantitative estimate of drug-likeness (QED) is 0.743. The third kappa shape index (κ3) is 3.44. The molecule has 2 fully saturated rings. The van der Waals surface area contributed by atoms with Crippen LogP contribution in [0, 0.1) is 13.8 Å². The lowest BCUT2D eigenvalue weighted by atomic mass is 9.95. The fraction of sp³-hybridized carbons (Fsp3) is 0.545. The molecule has 4 rings (SSSR count). The minimum atomic E-state index is 0.0747. The van der Waals surface area contributed by atoms with E-state index in [0.29, 0.717) is 12.6 Å². The number of nitrogens with one attached hydrogen (secondary N) is 1. The number of pyridine rings is 1. The maximum Gasteiger partial charge on any atom is 0.170 e. The predicted octanol–water partition coefficient (Wildman–Crippen LogP) is 4.06. The number of ether oxygens (including phenoxy) is 1. The summed E-state index contributed by atoms with van der Waals surface area (Å²) in [4.78, 5) is 7.14. The van der Waals surface area contributed by atoms with Gasteiger partial charge >= 0.3 is 0 Å². The van der Waals surface area contributed by atoms with Crippen molar-refractivity contribution in [3.63, 3.8) is 0 Å². The van der Waals surface area contributed by atoms with Crippen LogP contribution in [-0.2, 0) is 11.3 Å². The standard InChI is InChI=1S/C22H30N4OS/c1-15-14-18(16(2)25(15)12-13-27-3)21-20(19-10-6-7-11-23-19)24-22(28)26(21)17-8-4-5-9-17/h6-7,10-11,14,17,20-21H,4-5,8-9,12-13H2,1-3H3,(H,24,28)/t20-,21+/m1/s1. The summed E-state index contributed by atoms with van der Waals surface area (Å²) in [5.41, 5.74) is 4.98. The van der Waals surface area contributed by atoms with E-state index < -0.39 is 0 Å². The summed E-state index contributed by atoms with van der Waals surface area (Å²) in [6.07, 6.45) is 6.89. The molecule has 1 saturated heterocycles. The molecule has 28 heavy (non-hydrogen) atoms. The zero-order valence-electron chi connectivity index (χ0n) is 17.0. The lowest BCUT2D eigenvalue weighted by Gasteiger charge is -2.33. The van der Waals surface area contributed by atoms with Crippen LogP contribution in [0.15, 0.2) is 30.5 Å². The molecule has 0 amide bonds. The van der Waals surface area contributed by atoms with Crippen molar-refractivity contribution in [2.45, 2.75) is 64.2 Å². The summed E-state index contributed by atoms with van der Waals surface area (Å²) in [6, 6.07) is 9.24. The molecule has 2 aliphatic rings. The molecule has 2 aromatic rings. The van der Waals surface area contributed by atoms with Gasteiger partial charge in [0.25, 0.3) is 0 Å². The van der Waals surface area contributed by atoms with Crippen molar-refractivity contribution in [2.75, 3.05) is 13.7 Å². The monoisotopic (exact) mass is 398 g/mol. The predicted molar refractivity (Wildman–Crippen MR) is 115 cm³/mol.